The molecule has 18 heavy (non-hydrogen) atoms. The largest absolute Gasteiger partial charge is 0.352 e. The minimum absolute atomic E-state index is 0. The predicted octanol–water partition coefficient (Wildman–Crippen LogP) is 2.31. The molecule has 0 spiro atoms. The Labute approximate surface area is 118 Å². The van der Waals surface area contributed by atoms with E-state index in [0.29, 0.717) is 6.54 Å². The molecule has 0 aliphatic carbocycles. The van der Waals surface area contributed by atoms with E-state index in [0.717, 1.165) is 24.4 Å². The number of amides is 1. The maximum absolute atomic E-state index is 11.9. The van der Waals surface area contributed by atoms with Gasteiger partial charge in [0.2, 0.25) is 5.91 Å². The van der Waals surface area contributed by atoms with E-state index in [4.69, 9.17) is 0 Å². The molecule has 1 aromatic rings. The summed E-state index contributed by atoms with van der Waals surface area (Å²) in [5, 5.41) is 8.28. The zero-order chi connectivity index (χ0) is 12.1. The molecule has 0 radical (unpaired) electrons. The fourth-order valence-electron chi connectivity index (χ4n) is 1.85. The van der Waals surface area contributed by atoms with Crippen LogP contribution >= 0.6 is 23.7 Å². The van der Waals surface area contributed by atoms with Crippen molar-refractivity contribution >= 4 is 29.7 Å². The number of rotatable bonds is 4. The molecule has 1 aliphatic rings. The second-order valence-electron chi connectivity index (χ2n) is 4.27. The molecule has 0 saturated heterocycles. The summed E-state index contributed by atoms with van der Waals surface area (Å²) in [6, 6.07) is 4.00. The molecule has 2 N–H and O–H groups in total. The third kappa shape index (κ3) is 4.12. The highest BCUT2D eigenvalue weighted by Crippen LogP contribution is 2.20. The first-order valence-electron chi connectivity index (χ1n) is 5.97. The Hall–Kier alpha value is -0.840. The van der Waals surface area contributed by atoms with E-state index < -0.39 is 0 Å². The standard InChI is InChI=1S/C13H18N2OS.ClH/c1-10(12-3-2-8-17-12)13(16)15-9-11-4-6-14-7-5-11;/h2-4,8,10,14H,5-7,9H2,1H3,(H,15,16);1H. The summed E-state index contributed by atoms with van der Waals surface area (Å²) in [4.78, 5) is 13.1. The normalized spacial score (nSPS) is 16.4. The van der Waals surface area contributed by atoms with E-state index in [1.165, 1.54) is 5.57 Å². The van der Waals surface area contributed by atoms with Gasteiger partial charge in [0, 0.05) is 18.0 Å². The SMILES string of the molecule is CC(C(=O)NCC1=CCNCC1)c1cccs1.Cl. The molecule has 2 heterocycles. The van der Waals surface area contributed by atoms with Crippen molar-refractivity contribution in [2.24, 2.45) is 0 Å². The molecule has 0 fully saturated rings. The Morgan fingerprint density at radius 3 is 3.06 bits per heavy atom. The molecule has 0 aromatic carbocycles. The van der Waals surface area contributed by atoms with Gasteiger partial charge >= 0.3 is 0 Å². The molecule has 1 atom stereocenters. The van der Waals surface area contributed by atoms with Crippen LogP contribution in [0.25, 0.3) is 0 Å². The van der Waals surface area contributed by atoms with Gasteiger partial charge in [-0.1, -0.05) is 17.7 Å². The second-order valence-corrected chi connectivity index (χ2v) is 5.25. The third-order valence-electron chi connectivity index (χ3n) is 3.01. The number of hydrogen-bond acceptors (Lipinski definition) is 3. The van der Waals surface area contributed by atoms with Crippen molar-refractivity contribution in [1.82, 2.24) is 10.6 Å². The summed E-state index contributed by atoms with van der Waals surface area (Å²) in [6.45, 7) is 4.59. The van der Waals surface area contributed by atoms with Crippen molar-refractivity contribution < 1.29 is 4.79 Å². The summed E-state index contributed by atoms with van der Waals surface area (Å²) < 4.78 is 0. The first-order valence-corrected chi connectivity index (χ1v) is 6.85. The highest BCUT2D eigenvalue weighted by molar-refractivity contribution is 7.10. The number of nitrogens with one attached hydrogen (secondary N) is 2. The Morgan fingerprint density at radius 1 is 1.61 bits per heavy atom. The summed E-state index contributed by atoms with van der Waals surface area (Å²) in [5.74, 6) is 0.0733. The van der Waals surface area contributed by atoms with Crippen molar-refractivity contribution in [3.05, 3.63) is 34.0 Å². The molecule has 0 saturated carbocycles. The molecular weight excluding hydrogens is 268 g/mol. The maximum Gasteiger partial charge on any atom is 0.228 e. The van der Waals surface area contributed by atoms with E-state index in [1.54, 1.807) is 11.3 Å². The molecule has 1 amide bonds. The van der Waals surface area contributed by atoms with Crippen molar-refractivity contribution in [3.8, 4) is 0 Å². The fraction of sp³-hybridized carbons (Fsp3) is 0.462. The average Bonchev–Trinajstić information content (AvgIpc) is 2.90. The summed E-state index contributed by atoms with van der Waals surface area (Å²) >= 11 is 1.64. The average molecular weight is 287 g/mol. The lowest BCUT2D eigenvalue weighted by atomic mass is 10.1. The summed E-state index contributed by atoms with van der Waals surface area (Å²) in [7, 11) is 0. The van der Waals surface area contributed by atoms with Gasteiger partial charge in [0.25, 0.3) is 0 Å². The molecule has 1 aliphatic heterocycles. The van der Waals surface area contributed by atoms with Gasteiger partial charge in [0.1, 0.15) is 0 Å². The zero-order valence-electron chi connectivity index (χ0n) is 10.4. The Balaban J connectivity index is 0.00000162. The van der Waals surface area contributed by atoms with E-state index in [2.05, 4.69) is 16.7 Å². The van der Waals surface area contributed by atoms with Crippen LogP contribution in [0.5, 0.6) is 0 Å². The highest BCUT2D eigenvalue weighted by atomic mass is 35.5. The molecule has 3 nitrogen and oxygen atoms in total. The number of halogens is 1. The Bertz CT molecular complexity index is 403. The Morgan fingerprint density at radius 2 is 2.44 bits per heavy atom. The third-order valence-corrected chi connectivity index (χ3v) is 4.07. The van der Waals surface area contributed by atoms with Crippen LogP contribution in [0.4, 0.5) is 0 Å². The lowest BCUT2D eigenvalue weighted by molar-refractivity contribution is -0.121. The van der Waals surface area contributed by atoms with E-state index in [9.17, 15) is 4.79 Å². The van der Waals surface area contributed by atoms with Gasteiger partial charge < -0.3 is 10.6 Å². The van der Waals surface area contributed by atoms with Crippen LogP contribution in [0, 0.1) is 0 Å². The van der Waals surface area contributed by atoms with Crippen LogP contribution in [0.2, 0.25) is 0 Å². The quantitative estimate of drug-likeness (QED) is 0.834. The number of carbonyl (C=O) groups is 1. The smallest absolute Gasteiger partial charge is 0.228 e. The summed E-state index contributed by atoms with van der Waals surface area (Å²) in [5.41, 5.74) is 1.33. The van der Waals surface area contributed by atoms with E-state index in [-0.39, 0.29) is 24.2 Å². The number of hydrogen-bond donors (Lipinski definition) is 2. The molecule has 1 aromatic heterocycles. The van der Waals surface area contributed by atoms with Gasteiger partial charge in [0.15, 0.2) is 0 Å². The van der Waals surface area contributed by atoms with Crippen LogP contribution < -0.4 is 10.6 Å². The Kier molecular flexibility index (Phi) is 6.39. The molecule has 2 rings (SSSR count). The zero-order valence-corrected chi connectivity index (χ0v) is 12.1. The van der Waals surface area contributed by atoms with Gasteiger partial charge in [-0.3, -0.25) is 4.79 Å². The van der Waals surface area contributed by atoms with Crippen molar-refractivity contribution in [2.75, 3.05) is 19.6 Å². The minimum Gasteiger partial charge on any atom is -0.352 e. The van der Waals surface area contributed by atoms with Gasteiger partial charge in [-0.2, -0.15) is 0 Å². The first-order chi connectivity index (χ1) is 8.27. The monoisotopic (exact) mass is 286 g/mol. The molecular formula is C13H19ClN2OS. The van der Waals surface area contributed by atoms with Crippen molar-refractivity contribution in [2.45, 2.75) is 19.3 Å². The van der Waals surface area contributed by atoms with Crippen molar-refractivity contribution in [3.63, 3.8) is 0 Å². The molecule has 5 heteroatoms. The highest BCUT2D eigenvalue weighted by Gasteiger charge is 2.16. The van der Waals surface area contributed by atoms with Gasteiger partial charge in [-0.05, 0) is 31.3 Å². The fourth-order valence-corrected chi connectivity index (χ4v) is 2.63. The maximum atomic E-state index is 11.9. The van der Waals surface area contributed by atoms with Crippen LogP contribution in [0.1, 0.15) is 24.1 Å². The first kappa shape index (κ1) is 15.2. The van der Waals surface area contributed by atoms with Crippen LogP contribution in [0.3, 0.4) is 0 Å². The number of thiophene rings is 1. The van der Waals surface area contributed by atoms with E-state index >= 15 is 0 Å². The van der Waals surface area contributed by atoms with Crippen molar-refractivity contribution in [1.29, 1.82) is 0 Å². The number of carbonyl (C=O) groups excluding carboxylic acids is 1. The molecule has 100 valence electrons. The molecule has 1 unspecified atom stereocenters. The van der Waals surface area contributed by atoms with Crippen LogP contribution in [-0.2, 0) is 4.79 Å². The lowest BCUT2D eigenvalue weighted by Gasteiger charge is -2.16. The van der Waals surface area contributed by atoms with Crippen LogP contribution in [0.15, 0.2) is 29.2 Å². The summed E-state index contributed by atoms with van der Waals surface area (Å²) in [6.07, 6.45) is 3.20. The van der Waals surface area contributed by atoms with Crippen LogP contribution in [-0.4, -0.2) is 25.5 Å². The second kappa shape index (κ2) is 7.56. The minimum atomic E-state index is -0.0442. The lowest BCUT2D eigenvalue weighted by Crippen LogP contribution is -2.32. The topological polar surface area (TPSA) is 41.1 Å². The predicted molar refractivity (Wildman–Crippen MR) is 78.6 cm³/mol. The molecule has 0 bridgehead atoms. The van der Waals surface area contributed by atoms with Gasteiger partial charge in [-0.25, -0.2) is 0 Å². The van der Waals surface area contributed by atoms with E-state index in [1.807, 2.05) is 24.4 Å². The van der Waals surface area contributed by atoms with Gasteiger partial charge in [0.05, 0.1) is 5.92 Å². The van der Waals surface area contributed by atoms with Gasteiger partial charge in [-0.15, -0.1) is 23.7 Å².